The first kappa shape index (κ1) is 8.14. The van der Waals surface area contributed by atoms with Crippen LogP contribution in [0.1, 0.15) is 20.8 Å². The van der Waals surface area contributed by atoms with Crippen LogP contribution in [0.25, 0.3) is 0 Å². The number of nitrogens with two attached hydrogens (primary N) is 2. The Balaban J connectivity index is 3.64. The standard InChI is InChI=1S/C6H14N2O/c1-6(2,3)9-4-5(7)8/h4H,7-8H2,1-3H3. The molecule has 4 N–H and O–H groups in total. The predicted molar refractivity (Wildman–Crippen MR) is 37.3 cm³/mol. The van der Waals surface area contributed by atoms with Gasteiger partial charge in [0.15, 0.2) is 0 Å². The van der Waals surface area contributed by atoms with Crippen LogP contribution in [0.3, 0.4) is 0 Å². The van der Waals surface area contributed by atoms with Crippen molar-refractivity contribution in [1.82, 2.24) is 0 Å². The summed E-state index contributed by atoms with van der Waals surface area (Å²) in [5.41, 5.74) is 10.0. The van der Waals surface area contributed by atoms with Crippen molar-refractivity contribution in [2.24, 2.45) is 11.5 Å². The van der Waals surface area contributed by atoms with Gasteiger partial charge in [0.1, 0.15) is 12.1 Å². The number of hydrogen-bond acceptors (Lipinski definition) is 3. The van der Waals surface area contributed by atoms with Gasteiger partial charge in [-0.2, -0.15) is 0 Å². The van der Waals surface area contributed by atoms with Crippen LogP contribution in [0.15, 0.2) is 12.1 Å². The van der Waals surface area contributed by atoms with Crippen molar-refractivity contribution in [2.75, 3.05) is 0 Å². The third kappa shape index (κ3) is 7.14. The van der Waals surface area contributed by atoms with Gasteiger partial charge in [0, 0.05) is 0 Å². The molecule has 0 aliphatic heterocycles. The Morgan fingerprint density at radius 3 is 1.89 bits per heavy atom. The highest BCUT2D eigenvalue weighted by Crippen LogP contribution is 2.06. The van der Waals surface area contributed by atoms with Crippen LogP contribution < -0.4 is 11.5 Å². The minimum atomic E-state index is -0.204. The average molecular weight is 130 g/mol. The molecule has 0 saturated carbocycles. The lowest BCUT2D eigenvalue weighted by Crippen LogP contribution is -2.18. The Kier molecular flexibility index (Phi) is 2.37. The van der Waals surface area contributed by atoms with Crippen LogP contribution >= 0.6 is 0 Å². The first-order valence-corrected chi connectivity index (χ1v) is 2.81. The van der Waals surface area contributed by atoms with Crippen LogP contribution in [0.2, 0.25) is 0 Å². The van der Waals surface area contributed by atoms with Crippen molar-refractivity contribution in [3.05, 3.63) is 12.1 Å². The molecule has 0 aromatic carbocycles. The molecule has 0 aliphatic carbocycles. The van der Waals surface area contributed by atoms with Crippen molar-refractivity contribution in [3.63, 3.8) is 0 Å². The zero-order valence-corrected chi connectivity index (χ0v) is 6.14. The summed E-state index contributed by atoms with van der Waals surface area (Å²) in [6.07, 6.45) is 1.35. The van der Waals surface area contributed by atoms with E-state index in [2.05, 4.69) is 0 Å². The van der Waals surface area contributed by atoms with E-state index in [1.54, 1.807) is 0 Å². The second-order valence-electron chi connectivity index (χ2n) is 2.85. The SMILES string of the molecule is CC(C)(C)OC=C(N)N. The van der Waals surface area contributed by atoms with Gasteiger partial charge < -0.3 is 16.2 Å². The molecule has 3 nitrogen and oxygen atoms in total. The minimum Gasteiger partial charge on any atom is -0.492 e. The smallest absolute Gasteiger partial charge is 0.129 e. The first-order valence-electron chi connectivity index (χ1n) is 2.81. The fourth-order valence-corrected chi connectivity index (χ4v) is 0.245. The summed E-state index contributed by atoms with van der Waals surface area (Å²) in [4.78, 5) is 0. The Hall–Kier alpha value is -0.860. The van der Waals surface area contributed by atoms with E-state index in [1.165, 1.54) is 6.26 Å². The lowest BCUT2D eigenvalue weighted by molar-refractivity contribution is 0.0747. The van der Waals surface area contributed by atoms with Crippen molar-refractivity contribution < 1.29 is 4.74 Å². The molecule has 3 heteroatoms. The molecule has 0 heterocycles. The molecule has 0 spiro atoms. The fourth-order valence-electron chi connectivity index (χ4n) is 0.245. The van der Waals surface area contributed by atoms with Crippen molar-refractivity contribution in [2.45, 2.75) is 26.4 Å². The predicted octanol–water partition coefficient (Wildman–Crippen LogP) is 0.518. The maximum atomic E-state index is 5.11. The van der Waals surface area contributed by atoms with Gasteiger partial charge in [-0.3, -0.25) is 0 Å². The van der Waals surface area contributed by atoms with Gasteiger partial charge in [-0.25, -0.2) is 0 Å². The number of ether oxygens (including phenoxy) is 1. The lowest BCUT2D eigenvalue weighted by atomic mass is 10.2. The van der Waals surface area contributed by atoms with E-state index in [4.69, 9.17) is 16.2 Å². The quantitative estimate of drug-likeness (QED) is 0.508. The van der Waals surface area contributed by atoms with Crippen molar-refractivity contribution >= 4 is 0 Å². The Bertz CT molecular complexity index is 109. The minimum absolute atomic E-state index is 0.199. The van der Waals surface area contributed by atoms with Gasteiger partial charge in [0.05, 0.1) is 5.60 Å². The van der Waals surface area contributed by atoms with E-state index >= 15 is 0 Å². The summed E-state index contributed by atoms with van der Waals surface area (Å²) in [5, 5.41) is 0. The van der Waals surface area contributed by atoms with Crippen molar-refractivity contribution in [3.8, 4) is 0 Å². The summed E-state index contributed by atoms with van der Waals surface area (Å²) in [6, 6.07) is 0. The Morgan fingerprint density at radius 1 is 1.33 bits per heavy atom. The maximum Gasteiger partial charge on any atom is 0.129 e. The molecule has 0 rings (SSSR count). The van der Waals surface area contributed by atoms with Crippen LogP contribution in [0.4, 0.5) is 0 Å². The third-order valence-electron chi connectivity index (χ3n) is 0.549. The van der Waals surface area contributed by atoms with Gasteiger partial charge in [-0.05, 0) is 20.8 Å². The molecule has 0 unspecified atom stereocenters. The zero-order chi connectivity index (χ0) is 7.49. The molecule has 0 aromatic heterocycles. The average Bonchev–Trinajstić information content (AvgIpc) is 1.59. The number of rotatable bonds is 1. The maximum absolute atomic E-state index is 5.11. The zero-order valence-electron chi connectivity index (χ0n) is 6.14. The van der Waals surface area contributed by atoms with Gasteiger partial charge in [0.25, 0.3) is 0 Å². The molecule has 54 valence electrons. The van der Waals surface area contributed by atoms with Gasteiger partial charge in [-0.1, -0.05) is 0 Å². The van der Waals surface area contributed by atoms with Gasteiger partial charge in [0.2, 0.25) is 0 Å². The first-order chi connectivity index (χ1) is 3.92. The molecule has 9 heavy (non-hydrogen) atoms. The largest absolute Gasteiger partial charge is 0.492 e. The molecule has 0 aromatic rings. The van der Waals surface area contributed by atoms with Gasteiger partial charge >= 0.3 is 0 Å². The van der Waals surface area contributed by atoms with Crippen LogP contribution in [-0.4, -0.2) is 5.60 Å². The second-order valence-corrected chi connectivity index (χ2v) is 2.85. The molecule has 0 bridgehead atoms. The summed E-state index contributed by atoms with van der Waals surface area (Å²) in [5.74, 6) is 0.199. The van der Waals surface area contributed by atoms with Crippen LogP contribution in [-0.2, 0) is 4.74 Å². The van der Waals surface area contributed by atoms with E-state index in [9.17, 15) is 0 Å². The summed E-state index contributed by atoms with van der Waals surface area (Å²) >= 11 is 0. The third-order valence-corrected chi connectivity index (χ3v) is 0.549. The topological polar surface area (TPSA) is 61.3 Å². The molecular weight excluding hydrogens is 116 g/mol. The van der Waals surface area contributed by atoms with Crippen LogP contribution in [0, 0.1) is 0 Å². The molecular formula is C6H14N2O. The fraction of sp³-hybridized carbons (Fsp3) is 0.667. The molecule has 0 fully saturated rings. The number of hydrogen-bond donors (Lipinski definition) is 2. The molecule has 0 amide bonds. The Morgan fingerprint density at radius 2 is 1.78 bits per heavy atom. The molecule has 0 atom stereocenters. The highest BCUT2D eigenvalue weighted by molar-refractivity contribution is 4.84. The summed E-state index contributed by atoms with van der Waals surface area (Å²) < 4.78 is 5.08. The van der Waals surface area contributed by atoms with E-state index in [1.807, 2.05) is 20.8 Å². The van der Waals surface area contributed by atoms with Gasteiger partial charge in [-0.15, -0.1) is 0 Å². The summed E-state index contributed by atoms with van der Waals surface area (Å²) in [6.45, 7) is 5.77. The van der Waals surface area contributed by atoms with E-state index in [0.717, 1.165) is 0 Å². The molecule has 0 radical (unpaired) electrons. The van der Waals surface area contributed by atoms with E-state index in [-0.39, 0.29) is 11.4 Å². The summed E-state index contributed by atoms with van der Waals surface area (Å²) in [7, 11) is 0. The normalized spacial score (nSPS) is 10.6. The Labute approximate surface area is 55.7 Å². The highest BCUT2D eigenvalue weighted by atomic mass is 16.5. The molecule has 0 aliphatic rings. The van der Waals surface area contributed by atoms with Crippen LogP contribution in [0.5, 0.6) is 0 Å². The van der Waals surface area contributed by atoms with E-state index in [0.29, 0.717) is 0 Å². The molecule has 0 saturated heterocycles. The lowest BCUT2D eigenvalue weighted by Gasteiger charge is -2.17. The monoisotopic (exact) mass is 130 g/mol. The van der Waals surface area contributed by atoms with E-state index < -0.39 is 0 Å². The highest BCUT2D eigenvalue weighted by Gasteiger charge is 2.07. The van der Waals surface area contributed by atoms with Crippen molar-refractivity contribution in [1.29, 1.82) is 0 Å². The second kappa shape index (κ2) is 2.62.